The number of nitrogens with one attached hydrogen (secondary N) is 1. The van der Waals surface area contributed by atoms with Gasteiger partial charge in [0.2, 0.25) is 0 Å². The van der Waals surface area contributed by atoms with Crippen LogP contribution in [-0.4, -0.2) is 41.5 Å². The SMILES string of the molecule is O=C1Nc2ccccc2C1=C1OCc2cc(CCN3CCC(C(=O)O)CC3)ccc21. The van der Waals surface area contributed by atoms with Gasteiger partial charge >= 0.3 is 5.97 Å². The first-order valence-corrected chi connectivity index (χ1v) is 10.5. The summed E-state index contributed by atoms with van der Waals surface area (Å²) in [4.78, 5) is 26.0. The maximum atomic E-state index is 12.5. The molecular weight excluding hydrogens is 380 g/mol. The van der Waals surface area contributed by atoms with Crippen LogP contribution in [0.5, 0.6) is 0 Å². The molecule has 3 aliphatic rings. The van der Waals surface area contributed by atoms with Crippen LogP contribution in [-0.2, 0) is 27.4 Å². The summed E-state index contributed by atoms with van der Waals surface area (Å²) in [6.45, 7) is 3.09. The van der Waals surface area contributed by atoms with Gasteiger partial charge in [-0.3, -0.25) is 9.59 Å². The minimum Gasteiger partial charge on any atom is -0.487 e. The number of hydrogen-bond donors (Lipinski definition) is 2. The fraction of sp³-hybridized carbons (Fsp3) is 0.333. The summed E-state index contributed by atoms with van der Waals surface area (Å²) in [7, 11) is 0. The number of carboxylic acids is 1. The minimum atomic E-state index is -0.670. The van der Waals surface area contributed by atoms with E-state index >= 15 is 0 Å². The van der Waals surface area contributed by atoms with Gasteiger partial charge in [-0.15, -0.1) is 0 Å². The number of fused-ring (bicyclic) bond motifs is 2. The third-order valence-corrected chi connectivity index (χ3v) is 6.34. The van der Waals surface area contributed by atoms with Crippen molar-refractivity contribution in [2.75, 3.05) is 25.0 Å². The molecule has 3 heterocycles. The predicted octanol–water partition coefficient (Wildman–Crippen LogP) is 3.38. The highest BCUT2D eigenvalue weighted by Gasteiger charge is 2.32. The topological polar surface area (TPSA) is 78.9 Å². The Bertz CT molecular complexity index is 1050. The van der Waals surface area contributed by atoms with Crippen molar-refractivity contribution in [3.05, 3.63) is 64.7 Å². The number of likely N-dealkylation sites (tertiary alicyclic amines) is 1. The average Bonchev–Trinajstić information content (AvgIpc) is 3.31. The molecule has 154 valence electrons. The first-order valence-electron chi connectivity index (χ1n) is 10.5. The third-order valence-electron chi connectivity index (χ3n) is 6.34. The molecule has 2 N–H and O–H groups in total. The Balaban J connectivity index is 1.31. The molecule has 0 aliphatic carbocycles. The lowest BCUT2D eigenvalue weighted by atomic mass is 9.96. The van der Waals surface area contributed by atoms with Crippen LogP contribution in [0.25, 0.3) is 11.3 Å². The van der Waals surface area contributed by atoms with Crippen LogP contribution in [0.2, 0.25) is 0 Å². The highest BCUT2D eigenvalue weighted by Crippen LogP contribution is 2.41. The summed E-state index contributed by atoms with van der Waals surface area (Å²) in [6.07, 6.45) is 2.38. The van der Waals surface area contributed by atoms with E-state index in [9.17, 15) is 9.59 Å². The Labute approximate surface area is 175 Å². The van der Waals surface area contributed by atoms with Gasteiger partial charge in [-0.1, -0.05) is 36.4 Å². The van der Waals surface area contributed by atoms with Crippen LogP contribution in [0, 0.1) is 5.92 Å². The zero-order valence-electron chi connectivity index (χ0n) is 16.7. The van der Waals surface area contributed by atoms with E-state index in [0.29, 0.717) is 17.9 Å². The van der Waals surface area contributed by atoms with Gasteiger partial charge < -0.3 is 20.1 Å². The molecule has 0 radical (unpaired) electrons. The summed E-state index contributed by atoms with van der Waals surface area (Å²) >= 11 is 0. The van der Waals surface area contributed by atoms with Crippen molar-refractivity contribution in [1.82, 2.24) is 4.90 Å². The van der Waals surface area contributed by atoms with Gasteiger partial charge in [-0.05, 0) is 44.0 Å². The second-order valence-electron chi connectivity index (χ2n) is 8.19. The molecule has 0 bridgehead atoms. The molecule has 5 rings (SSSR count). The smallest absolute Gasteiger partial charge is 0.306 e. The number of piperidine rings is 1. The summed E-state index contributed by atoms with van der Waals surface area (Å²) in [6, 6.07) is 14.0. The van der Waals surface area contributed by atoms with E-state index in [-0.39, 0.29) is 11.8 Å². The Kier molecular flexibility index (Phi) is 4.79. The second kappa shape index (κ2) is 7.61. The quantitative estimate of drug-likeness (QED) is 0.764. The number of benzene rings is 2. The molecule has 6 nitrogen and oxygen atoms in total. The summed E-state index contributed by atoms with van der Waals surface area (Å²) in [5, 5.41) is 12.0. The van der Waals surface area contributed by atoms with Crippen LogP contribution < -0.4 is 5.32 Å². The Morgan fingerprint density at radius 3 is 2.73 bits per heavy atom. The van der Waals surface area contributed by atoms with E-state index in [0.717, 1.165) is 61.3 Å². The minimum absolute atomic E-state index is 0.118. The lowest BCUT2D eigenvalue weighted by molar-refractivity contribution is -0.143. The molecule has 6 heteroatoms. The molecule has 0 aromatic heterocycles. The fourth-order valence-electron chi connectivity index (χ4n) is 4.61. The zero-order chi connectivity index (χ0) is 20.7. The van der Waals surface area contributed by atoms with Crippen molar-refractivity contribution in [2.24, 2.45) is 5.92 Å². The number of aliphatic carboxylic acids is 1. The lowest BCUT2D eigenvalue weighted by Gasteiger charge is -2.29. The maximum Gasteiger partial charge on any atom is 0.306 e. The monoisotopic (exact) mass is 404 g/mol. The van der Waals surface area contributed by atoms with E-state index in [1.807, 2.05) is 24.3 Å². The maximum absolute atomic E-state index is 12.5. The lowest BCUT2D eigenvalue weighted by Crippen LogP contribution is -2.37. The molecule has 0 spiro atoms. The molecule has 1 saturated heterocycles. The van der Waals surface area contributed by atoms with Crippen LogP contribution in [0.4, 0.5) is 5.69 Å². The van der Waals surface area contributed by atoms with Gasteiger partial charge in [-0.25, -0.2) is 0 Å². The normalized spacial score (nSPS) is 21.1. The van der Waals surface area contributed by atoms with Crippen molar-refractivity contribution in [3.8, 4) is 0 Å². The number of nitrogens with zero attached hydrogens (tertiary/aromatic N) is 1. The number of carbonyl (C=O) groups excluding carboxylic acids is 1. The van der Waals surface area contributed by atoms with Crippen LogP contribution in [0.15, 0.2) is 42.5 Å². The number of carbonyl (C=O) groups is 2. The van der Waals surface area contributed by atoms with E-state index in [1.165, 1.54) is 5.56 Å². The zero-order valence-corrected chi connectivity index (χ0v) is 16.7. The van der Waals surface area contributed by atoms with Crippen molar-refractivity contribution >= 4 is 28.9 Å². The standard InChI is InChI=1S/C24H24N2O4/c27-23-21(19-3-1-2-4-20(19)25-23)22-18-6-5-15(13-17(18)14-30-22)7-10-26-11-8-16(9-12-26)24(28)29/h1-6,13,16H,7-12,14H2,(H,25,27)(H,28,29). The molecule has 0 unspecified atom stereocenters. The van der Waals surface area contributed by atoms with Gasteiger partial charge in [-0.2, -0.15) is 0 Å². The molecule has 2 aromatic rings. The number of anilines is 1. The molecule has 30 heavy (non-hydrogen) atoms. The summed E-state index contributed by atoms with van der Waals surface area (Å²) < 4.78 is 5.97. The van der Waals surface area contributed by atoms with Gasteiger partial charge in [0.25, 0.3) is 5.91 Å². The first kappa shape index (κ1) is 18.9. The molecule has 3 aliphatic heterocycles. The van der Waals surface area contributed by atoms with E-state index in [2.05, 4.69) is 28.4 Å². The summed E-state index contributed by atoms with van der Waals surface area (Å²) in [5.41, 5.74) is 5.66. The van der Waals surface area contributed by atoms with Gasteiger partial charge in [0.05, 0.1) is 11.5 Å². The van der Waals surface area contributed by atoms with Crippen LogP contribution in [0.3, 0.4) is 0 Å². The van der Waals surface area contributed by atoms with Gasteiger partial charge in [0, 0.05) is 28.9 Å². The average molecular weight is 404 g/mol. The number of ether oxygens (including phenoxy) is 1. The Hall–Kier alpha value is -3.12. The van der Waals surface area contributed by atoms with E-state index in [1.54, 1.807) is 0 Å². The highest BCUT2D eigenvalue weighted by atomic mass is 16.5. The molecular formula is C24H24N2O4. The number of para-hydroxylation sites is 1. The van der Waals surface area contributed by atoms with Gasteiger partial charge in [0.15, 0.2) is 0 Å². The van der Waals surface area contributed by atoms with E-state index in [4.69, 9.17) is 9.84 Å². The summed E-state index contributed by atoms with van der Waals surface area (Å²) in [5.74, 6) is -0.317. The Morgan fingerprint density at radius 1 is 1.13 bits per heavy atom. The molecule has 0 saturated carbocycles. The van der Waals surface area contributed by atoms with E-state index < -0.39 is 5.97 Å². The first-order chi connectivity index (χ1) is 14.6. The fourth-order valence-corrected chi connectivity index (χ4v) is 4.61. The third kappa shape index (κ3) is 3.37. The van der Waals surface area contributed by atoms with Gasteiger partial charge in [0.1, 0.15) is 12.4 Å². The van der Waals surface area contributed by atoms with Crippen LogP contribution >= 0.6 is 0 Å². The second-order valence-corrected chi connectivity index (χ2v) is 8.19. The highest BCUT2D eigenvalue weighted by molar-refractivity contribution is 6.36. The number of carboxylic acid groups (broad SMARTS) is 1. The molecule has 2 aromatic carbocycles. The number of amides is 1. The predicted molar refractivity (Wildman–Crippen MR) is 114 cm³/mol. The van der Waals surface area contributed by atoms with Crippen LogP contribution in [0.1, 0.15) is 35.1 Å². The van der Waals surface area contributed by atoms with Crippen molar-refractivity contribution < 1.29 is 19.4 Å². The largest absolute Gasteiger partial charge is 0.487 e. The molecule has 1 fully saturated rings. The molecule has 1 amide bonds. The van der Waals surface area contributed by atoms with Crippen molar-refractivity contribution in [1.29, 1.82) is 0 Å². The molecule has 0 atom stereocenters. The van der Waals surface area contributed by atoms with Crippen molar-refractivity contribution in [3.63, 3.8) is 0 Å². The Morgan fingerprint density at radius 2 is 1.93 bits per heavy atom. The van der Waals surface area contributed by atoms with Crippen molar-refractivity contribution in [2.45, 2.75) is 25.9 Å². The number of hydrogen-bond acceptors (Lipinski definition) is 4. The number of rotatable bonds is 4.